The monoisotopic (exact) mass is 477 g/mol. The van der Waals surface area contributed by atoms with Gasteiger partial charge in [0, 0.05) is 42.4 Å². The third-order valence-electron chi connectivity index (χ3n) is 5.02. The van der Waals surface area contributed by atoms with E-state index in [1.807, 2.05) is 50.0 Å². The van der Waals surface area contributed by atoms with Crippen LogP contribution >= 0.6 is 11.6 Å². The third-order valence-corrected chi connectivity index (χ3v) is 5.35. The molecule has 2 aromatic carbocycles. The predicted molar refractivity (Wildman–Crippen MR) is 122 cm³/mol. The highest BCUT2D eigenvalue weighted by molar-refractivity contribution is 6.33. The number of anilines is 1. The molecule has 4 nitrogen and oxygen atoms in total. The minimum absolute atomic E-state index is 0.102. The molecule has 0 aliphatic carbocycles. The van der Waals surface area contributed by atoms with E-state index in [2.05, 4.69) is 10.3 Å². The molecule has 2 heterocycles. The Hall–Kier alpha value is -3.39. The molecule has 0 saturated heterocycles. The van der Waals surface area contributed by atoms with Crippen molar-refractivity contribution < 1.29 is 22.4 Å². The van der Waals surface area contributed by atoms with E-state index in [0.717, 1.165) is 40.0 Å². The molecule has 0 unspecified atom stereocenters. The zero-order valence-corrected chi connectivity index (χ0v) is 18.7. The first-order valence-electron chi connectivity index (χ1n) is 9.77. The van der Waals surface area contributed by atoms with Crippen molar-refractivity contribution in [2.75, 3.05) is 12.4 Å². The number of hydrogen-bond acceptors (Lipinski definition) is 3. The van der Waals surface area contributed by atoms with Crippen LogP contribution in [0.5, 0.6) is 0 Å². The van der Waals surface area contributed by atoms with Gasteiger partial charge in [-0.3, -0.25) is 4.79 Å². The summed E-state index contributed by atoms with van der Waals surface area (Å²) in [6.45, 7) is 1.89. The van der Waals surface area contributed by atoms with E-state index < -0.39 is 17.3 Å². The lowest BCUT2D eigenvalue weighted by Crippen LogP contribution is -2.08. The summed E-state index contributed by atoms with van der Waals surface area (Å²) < 4.78 is 52.8. The molecule has 0 radical (unpaired) electrons. The number of pyridine rings is 1. The number of alkyl halides is 3. The molecule has 9 heteroatoms. The normalized spacial score (nSPS) is 11.2. The second-order valence-corrected chi connectivity index (χ2v) is 7.70. The van der Waals surface area contributed by atoms with E-state index in [9.17, 15) is 22.4 Å². The van der Waals surface area contributed by atoms with Gasteiger partial charge in [-0.05, 0) is 36.8 Å². The van der Waals surface area contributed by atoms with Crippen LogP contribution in [0.15, 0.2) is 54.9 Å². The molecule has 0 fully saturated rings. The van der Waals surface area contributed by atoms with Crippen LogP contribution in [0.25, 0.3) is 22.0 Å². The Bertz CT molecular complexity index is 1320. The van der Waals surface area contributed by atoms with Gasteiger partial charge >= 0.3 is 6.18 Å². The SMILES string of the molecule is CNc1cc2c(-c3ccc(C)cc3F)cn(C)c2cn1.O=Cc1c(Cl)cccc1C(F)(F)F. The fourth-order valence-electron chi connectivity index (χ4n) is 3.37. The van der Waals surface area contributed by atoms with Crippen LogP contribution in [0, 0.1) is 12.7 Å². The maximum Gasteiger partial charge on any atom is 0.417 e. The first-order valence-corrected chi connectivity index (χ1v) is 10.1. The van der Waals surface area contributed by atoms with E-state index in [1.165, 1.54) is 6.07 Å². The first kappa shape index (κ1) is 24.3. The molecular formula is C24H20ClF4N3O. The summed E-state index contributed by atoms with van der Waals surface area (Å²) >= 11 is 5.40. The zero-order chi connectivity index (χ0) is 24.3. The van der Waals surface area contributed by atoms with Crippen LogP contribution < -0.4 is 5.32 Å². The molecule has 4 rings (SSSR count). The van der Waals surface area contributed by atoms with Gasteiger partial charge in [-0.25, -0.2) is 9.37 Å². The fraction of sp³-hybridized carbons (Fsp3) is 0.167. The molecule has 0 atom stereocenters. The van der Waals surface area contributed by atoms with Gasteiger partial charge in [-0.2, -0.15) is 13.2 Å². The molecule has 0 aliphatic rings. The van der Waals surface area contributed by atoms with Gasteiger partial charge in [0.15, 0.2) is 6.29 Å². The molecule has 0 bridgehead atoms. The smallest absolute Gasteiger partial charge is 0.373 e. The summed E-state index contributed by atoms with van der Waals surface area (Å²) in [5.74, 6) is 0.581. The minimum atomic E-state index is -4.54. The van der Waals surface area contributed by atoms with Crippen molar-refractivity contribution in [1.82, 2.24) is 9.55 Å². The Morgan fingerprint density at radius 3 is 2.42 bits per heavy atom. The lowest BCUT2D eigenvalue weighted by Gasteiger charge is -2.09. The maximum absolute atomic E-state index is 14.2. The zero-order valence-electron chi connectivity index (χ0n) is 18.0. The highest BCUT2D eigenvalue weighted by Crippen LogP contribution is 2.34. The highest BCUT2D eigenvalue weighted by atomic mass is 35.5. The van der Waals surface area contributed by atoms with Crippen LogP contribution in [-0.4, -0.2) is 22.9 Å². The lowest BCUT2D eigenvalue weighted by molar-refractivity contribution is -0.137. The van der Waals surface area contributed by atoms with E-state index in [4.69, 9.17) is 11.6 Å². The summed E-state index contributed by atoms with van der Waals surface area (Å²) in [6.07, 6.45) is -0.692. The number of aromatic nitrogens is 2. The van der Waals surface area contributed by atoms with E-state index in [1.54, 1.807) is 12.3 Å². The van der Waals surface area contributed by atoms with Crippen LogP contribution in [0.4, 0.5) is 23.4 Å². The number of benzene rings is 2. The molecule has 2 aromatic heterocycles. The second-order valence-electron chi connectivity index (χ2n) is 7.29. The topological polar surface area (TPSA) is 46.9 Å². The van der Waals surface area contributed by atoms with E-state index in [-0.39, 0.29) is 17.1 Å². The molecule has 1 N–H and O–H groups in total. The maximum atomic E-state index is 14.2. The number of hydrogen-bond donors (Lipinski definition) is 1. The van der Waals surface area contributed by atoms with Crippen molar-refractivity contribution in [3.05, 3.63) is 82.4 Å². The Kier molecular flexibility index (Phi) is 7.07. The van der Waals surface area contributed by atoms with Crippen molar-refractivity contribution in [3.8, 4) is 11.1 Å². The van der Waals surface area contributed by atoms with Crippen molar-refractivity contribution in [1.29, 1.82) is 0 Å². The van der Waals surface area contributed by atoms with Crippen molar-refractivity contribution in [2.24, 2.45) is 7.05 Å². The van der Waals surface area contributed by atoms with Crippen LogP contribution in [0.3, 0.4) is 0 Å². The molecule has 172 valence electrons. The summed E-state index contributed by atoms with van der Waals surface area (Å²) in [6, 6.07) is 10.5. The molecule has 0 aliphatic heterocycles. The standard InChI is InChI=1S/C16H16FN3.C8H4ClF3O/c1-10-4-5-11(14(17)6-10)13-9-20(3)15-8-19-16(18-2)7-12(13)15;9-7-3-1-2-6(5(7)4-13)8(10,11)12/h4-9H,1-3H3,(H,18,19);1-4H. The molecule has 0 spiro atoms. The number of aryl methyl sites for hydroxylation is 2. The van der Waals surface area contributed by atoms with Gasteiger partial charge in [0.1, 0.15) is 11.6 Å². The van der Waals surface area contributed by atoms with Gasteiger partial charge < -0.3 is 9.88 Å². The fourth-order valence-corrected chi connectivity index (χ4v) is 3.59. The highest BCUT2D eigenvalue weighted by Gasteiger charge is 2.33. The predicted octanol–water partition coefficient (Wildman–Crippen LogP) is 6.90. The average molecular weight is 478 g/mol. The number of nitrogens with zero attached hydrogens (tertiary/aromatic N) is 2. The van der Waals surface area contributed by atoms with Gasteiger partial charge in [0.25, 0.3) is 0 Å². The number of nitrogens with one attached hydrogen (secondary N) is 1. The molecule has 33 heavy (non-hydrogen) atoms. The molecular weight excluding hydrogens is 458 g/mol. The van der Waals surface area contributed by atoms with Gasteiger partial charge in [-0.15, -0.1) is 0 Å². The number of halogens is 5. The molecule has 4 aromatic rings. The summed E-state index contributed by atoms with van der Waals surface area (Å²) in [5.41, 5.74) is 1.89. The van der Waals surface area contributed by atoms with Gasteiger partial charge in [0.05, 0.1) is 22.3 Å². The summed E-state index contributed by atoms with van der Waals surface area (Å²) in [4.78, 5) is 14.6. The Balaban J connectivity index is 0.000000205. The number of carbonyl (C=O) groups excluding carboxylic acids is 1. The first-order chi connectivity index (χ1) is 15.6. The van der Waals surface area contributed by atoms with Crippen LogP contribution in [0.2, 0.25) is 5.02 Å². The van der Waals surface area contributed by atoms with Crippen molar-refractivity contribution in [2.45, 2.75) is 13.1 Å². The Morgan fingerprint density at radius 2 is 1.85 bits per heavy atom. The quantitative estimate of drug-likeness (QED) is 0.258. The number of aldehydes is 1. The number of fused-ring (bicyclic) bond motifs is 1. The van der Waals surface area contributed by atoms with E-state index >= 15 is 0 Å². The van der Waals surface area contributed by atoms with Crippen molar-refractivity contribution in [3.63, 3.8) is 0 Å². The molecule has 0 saturated carbocycles. The Labute approximate surface area is 192 Å². The third kappa shape index (κ3) is 5.17. The lowest BCUT2D eigenvalue weighted by atomic mass is 10.0. The van der Waals surface area contributed by atoms with Crippen LogP contribution in [-0.2, 0) is 13.2 Å². The summed E-state index contributed by atoms with van der Waals surface area (Å²) in [7, 11) is 3.77. The molecule has 0 amide bonds. The van der Waals surface area contributed by atoms with Crippen molar-refractivity contribution >= 4 is 34.6 Å². The van der Waals surface area contributed by atoms with Crippen LogP contribution in [0.1, 0.15) is 21.5 Å². The number of carbonyl (C=O) groups is 1. The number of rotatable bonds is 3. The second kappa shape index (κ2) is 9.62. The largest absolute Gasteiger partial charge is 0.417 e. The minimum Gasteiger partial charge on any atom is -0.373 e. The van der Waals surface area contributed by atoms with Gasteiger partial charge in [-0.1, -0.05) is 29.8 Å². The van der Waals surface area contributed by atoms with Gasteiger partial charge in [0.2, 0.25) is 0 Å². The average Bonchev–Trinajstić information content (AvgIpc) is 3.09. The summed E-state index contributed by atoms with van der Waals surface area (Å²) in [5, 5.41) is 3.82. The Morgan fingerprint density at radius 1 is 1.12 bits per heavy atom. The van der Waals surface area contributed by atoms with E-state index in [0.29, 0.717) is 5.56 Å².